The van der Waals surface area contributed by atoms with E-state index in [0.29, 0.717) is 0 Å². The van der Waals surface area contributed by atoms with E-state index >= 15 is 0 Å². The van der Waals surface area contributed by atoms with Crippen LogP contribution in [0.4, 0.5) is 4.79 Å². The molecule has 0 heterocycles. The molecule has 1 amide bonds. The molecular formula is C16H22INO2. The van der Waals surface area contributed by atoms with Crippen molar-refractivity contribution in [2.75, 3.05) is 0 Å². The number of ether oxygens (including phenoxy) is 1. The van der Waals surface area contributed by atoms with Crippen LogP contribution in [0.5, 0.6) is 0 Å². The summed E-state index contributed by atoms with van der Waals surface area (Å²) in [4.78, 5) is 11.7. The van der Waals surface area contributed by atoms with E-state index in [0.717, 1.165) is 11.1 Å². The molecule has 0 radical (unpaired) electrons. The zero-order valence-electron chi connectivity index (χ0n) is 12.7. The molecule has 0 aliphatic carbocycles. The van der Waals surface area contributed by atoms with Crippen LogP contribution in [-0.4, -0.2) is 17.7 Å². The van der Waals surface area contributed by atoms with Crippen molar-refractivity contribution < 1.29 is 9.53 Å². The van der Waals surface area contributed by atoms with Crippen LogP contribution in [0.2, 0.25) is 0 Å². The molecule has 0 saturated heterocycles. The fraction of sp³-hybridized carbons (Fsp3) is 0.438. The van der Waals surface area contributed by atoms with Crippen molar-refractivity contribution >= 4 is 34.3 Å². The summed E-state index contributed by atoms with van der Waals surface area (Å²) in [6.07, 6.45) is 1.63. The Morgan fingerprint density at radius 2 is 1.85 bits per heavy atom. The Labute approximate surface area is 134 Å². The van der Waals surface area contributed by atoms with Crippen molar-refractivity contribution in [3.8, 4) is 0 Å². The van der Waals surface area contributed by atoms with Gasteiger partial charge in [-0.05, 0) is 80.5 Å². The van der Waals surface area contributed by atoms with E-state index in [2.05, 4.69) is 52.2 Å². The van der Waals surface area contributed by atoms with Crippen LogP contribution in [0.25, 0.3) is 5.57 Å². The number of hydrogen-bond acceptors (Lipinski definition) is 2. The predicted molar refractivity (Wildman–Crippen MR) is 91.6 cm³/mol. The average Bonchev–Trinajstić information content (AvgIpc) is 2.26. The zero-order chi connectivity index (χ0) is 15.3. The Hall–Kier alpha value is -1.04. The molecule has 0 spiro atoms. The number of hydrogen-bond donors (Lipinski definition) is 1. The van der Waals surface area contributed by atoms with Gasteiger partial charge < -0.3 is 10.1 Å². The van der Waals surface area contributed by atoms with Crippen LogP contribution in [0.3, 0.4) is 0 Å². The lowest BCUT2D eigenvalue weighted by Crippen LogP contribution is -2.36. The fourth-order valence-electron chi connectivity index (χ4n) is 1.72. The second kappa shape index (κ2) is 7.11. The van der Waals surface area contributed by atoms with E-state index in [1.807, 2.05) is 40.7 Å². The SMILES string of the molecule is CC(=C[C@@H](C)NC(=O)OC(C)(C)C)c1ccc(I)cc1. The van der Waals surface area contributed by atoms with Gasteiger partial charge in [0.05, 0.1) is 0 Å². The quantitative estimate of drug-likeness (QED) is 0.770. The third-order valence-corrected chi connectivity index (χ3v) is 3.26. The van der Waals surface area contributed by atoms with Crippen LogP contribution in [0.15, 0.2) is 30.3 Å². The summed E-state index contributed by atoms with van der Waals surface area (Å²) in [6, 6.07) is 8.21. The van der Waals surface area contributed by atoms with Gasteiger partial charge in [-0.25, -0.2) is 4.79 Å². The highest BCUT2D eigenvalue weighted by Gasteiger charge is 2.16. The van der Waals surface area contributed by atoms with E-state index in [1.54, 1.807) is 0 Å². The molecule has 1 N–H and O–H groups in total. The van der Waals surface area contributed by atoms with Gasteiger partial charge in [0.25, 0.3) is 0 Å². The summed E-state index contributed by atoms with van der Waals surface area (Å²) in [5.74, 6) is 0. The number of alkyl carbamates (subject to hydrolysis) is 1. The highest BCUT2D eigenvalue weighted by atomic mass is 127. The van der Waals surface area contributed by atoms with Gasteiger partial charge in [-0.2, -0.15) is 0 Å². The molecular weight excluding hydrogens is 365 g/mol. The molecule has 1 atom stereocenters. The normalized spacial score (nSPS) is 13.8. The fourth-order valence-corrected chi connectivity index (χ4v) is 2.08. The number of halogens is 1. The molecule has 0 aromatic heterocycles. The standard InChI is InChI=1S/C16H22INO2/c1-11(13-6-8-14(17)9-7-13)10-12(2)18-15(19)20-16(3,4)5/h6-10,12H,1-5H3,(H,18,19)/t12-/m1/s1. The van der Waals surface area contributed by atoms with Crippen molar-refractivity contribution in [1.82, 2.24) is 5.32 Å². The van der Waals surface area contributed by atoms with E-state index in [-0.39, 0.29) is 6.04 Å². The summed E-state index contributed by atoms with van der Waals surface area (Å²) in [5.41, 5.74) is 1.81. The molecule has 20 heavy (non-hydrogen) atoms. The molecule has 0 fully saturated rings. The van der Waals surface area contributed by atoms with Crippen molar-refractivity contribution in [3.63, 3.8) is 0 Å². The first-order chi connectivity index (χ1) is 9.17. The monoisotopic (exact) mass is 387 g/mol. The van der Waals surface area contributed by atoms with Gasteiger partial charge in [0.15, 0.2) is 0 Å². The van der Waals surface area contributed by atoms with E-state index in [4.69, 9.17) is 4.74 Å². The number of allylic oxidation sites excluding steroid dienone is 1. The third-order valence-electron chi connectivity index (χ3n) is 2.54. The molecule has 0 saturated carbocycles. The number of amides is 1. The third kappa shape index (κ3) is 6.41. The molecule has 4 heteroatoms. The summed E-state index contributed by atoms with van der Waals surface area (Å²) >= 11 is 2.28. The van der Waals surface area contributed by atoms with Crippen LogP contribution in [-0.2, 0) is 4.74 Å². The lowest BCUT2D eigenvalue weighted by Gasteiger charge is -2.21. The maximum absolute atomic E-state index is 11.7. The molecule has 1 rings (SSSR count). The minimum absolute atomic E-state index is 0.0795. The van der Waals surface area contributed by atoms with Crippen molar-refractivity contribution in [2.24, 2.45) is 0 Å². The summed E-state index contributed by atoms with van der Waals surface area (Å²) in [5, 5.41) is 2.81. The maximum Gasteiger partial charge on any atom is 0.408 e. The first kappa shape index (κ1) is 17.0. The highest BCUT2D eigenvalue weighted by molar-refractivity contribution is 14.1. The Morgan fingerprint density at radius 1 is 1.30 bits per heavy atom. The first-order valence-corrected chi connectivity index (χ1v) is 7.69. The number of rotatable bonds is 3. The molecule has 1 aromatic rings. The van der Waals surface area contributed by atoms with E-state index < -0.39 is 11.7 Å². The summed E-state index contributed by atoms with van der Waals surface area (Å²) < 4.78 is 6.44. The van der Waals surface area contributed by atoms with Crippen molar-refractivity contribution in [2.45, 2.75) is 46.3 Å². The summed E-state index contributed by atoms with van der Waals surface area (Å²) in [6.45, 7) is 9.52. The Kier molecular flexibility index (Phi) is 6.05. The van der Waals surface area contributed by atoms with Gasteiger partial charge in [-0.15, -0.1) is 0 Å². The van der Waals surface area contributed by atoms with E-state index in [9.17, 15) is 4.79 Å². The number of nitrogens with one attached hydrogen (secondary N) is 1. The molecule has 0 bridgehead atoms. The van der Waals surface area contributed by atoms with Gasteiger partial charge in [0.2, 0.25) is 0 Å². The lowest BCUT2D eigenvalue weighted by atomic mass is 10.1. The number of carbonyl (C=O) groups is 1. The average molecular weight is 387 g/mol. The van der Waals surface area contributed by atoms with Gasteiger partial charge in [-0.1, -0.05) is 18.2 Å². The van der Waals surface area contributed by atoms with Crippen LogP contribution >= 0.6 is 22.6 Å². The highest BCUT2D eigenvalue weighted by Crippen LogP contribution is 2.16. The minimum atomic E-state index is -0.474. The molecule has 0 unspecified atom stereocenters. The Balaban J connectivity index is 2.64. The zero-order valence-corrected chi connectivity index (χ0v) is 14.8. The van der Waals surface area contributed by atoms with Crippen LogP contribution in [0.1, 0.15) is 40.2 Å². The second-order valence-electron chi connectivity index (χ2n) is 5.79. The second-order valence-corrected chi connectivity index (χ2v) is 7.04. The van der Waals surface area contributed by atoms with E-state index in [1.165, 1.54) is 3.57 Å². The van der Waals surface area contributed by atoms with Crippen molar-refractivity contribution in [3.05, 3.63) is 39.5 Å². The van der Waals surface area contributed by atoms with Crippen molar-refractivity contribution in [1.29, 1.82) is 0 Å². The molecule has 3 nitrogen and oxygen atoms in total. The first-order valence-electron chi connectivity index (χ1n) is 6.61. The Bertz CT molecular complexity index is 486. The van der Waals surface area contributed by atoms with Gasteiger partial charge in [0, 0.05) is 9.61 Å². The number of benzene rings is 1. The van der Waals surface area contributed by atoms with Crippen LogP contribution in [0, 0.1) is 3.57 Å². The van der Waals surface area contributed by atoms with Gasteiger partial charge in [-0.3, -0.25) is 0 Å². The van der Waals surface area contributed by atoms with Gasteiger partial charge in [0.1, 0.15) is 5.60 Å². The largest absolute Gasteiger partial charge is 0.444 e. The lowest BCUT2D eigenvalue weighted by molar-refractivity contribution is 0.0518. The minimum Gasteiger partial charge on any atom is -0.444 e. The maximum atomic E-state index is 11.7. The molecule has 1 aromatic carbocycles. The molecule has 110 valence electrons. The molecule has 0 aliphatic heterocycles. The topological polar surface area (TPSA) is 38.3 Å². The number of carbonyl (C=O) groups excluding carboxylic acids is 1. The molecule has 0 aliphatic rings. The predicted octanol–water partition coefficient (Wildman–Crippen LogP) is 4.61. The van der Waals surface area contributed by atoms with Crippen LogP contribution < -0.4 is 5.32 Å². The van der Waals surface area contributed by atoms with Gasteiger partial charge >= 0.3 is 6.09 Å². The Morgan fingerprint density at radius 3 is 2.35 bits per heavy atom. The smallest absolute Gasteiger partial charge is 0.408 e. The summed E-state index contributed by atoms with van der Waals surface area (Å²) in [7, 11) is 0.